The Morgan fingerprint density at radius 1 is 0.812 bits per heavy atom. The number of hydrogen-bond acceptors (Lipinski definition) is 1. The molecule has 1 aromatic heterocycles. The number of ether oxygens (including phenoxy) is 1. The molecule has 5 rings (SSSR count). The van der Waals surface area contributed by atoms with Crippen LogP contribution in [0, 0.1) is 24.7 Å². The van der Waals surface area contributed by atoms with Crippen molar-refractivity contribution in [1.29, 1.82) is 0 Å². The third-order valence-corrected chi connectivity index (χ3v) is 7.99. The van der Waals surface area contributed by atoms with Crippen LogP contribution in [0.15, 0.2) is 48.5 Å². The molecule has 1 aliphatic rings. The van der Waals surface area contributed by atoms with Crippen LogP contribution in [0.5, 0.6) is 11.5 Å². The summed E-state index contributed by atoms with van der Waals surface area (Å²) in [4.78, 5) is 0. The Morgan fingerprint density at radius 3 is 2.25 bits per heavy atom. The van der Waals surface area contributed by atoms with Crippen molar-refractivity contribution in [2.45, 2.75) is 61.6 Å². The number of rotatable bonds is 3. The van der Waals surface area contributed by atoms with Crippen LogP contribution in [0.2, 0.25) is 13.1 Å². The summed E-state index contributed by atoms with van der Waals surface area (Å²) in [6.07, 6.45) is 1.16. The predicted molar refractivity (Wildman–Crippen MR) is 140 cm³/mol. The van der Waals surface area contributed by atoms with Gasteiger partial charge in [0, 0.05) is 10.8 Å². The van der Waals surface area contributed by atoms with Crippen LogP contribution < -0.4 is 10.2 Å². The highest BCUT2D eigenvalue weighted by molar-refractivity contribution is 6.72. The highest BCUT2D eigenvalue weighted by atomic mass is 16.5. The van der Waals surface area contributed by atoms with E-state index >= 15 is 0 Å². The average molecular weight is 423 g/mol. The largest absolute Gasteiger partial charge is 0.453 e. The minimum atomic E-state index is 0.257. The van der Waals surface area contributed by atoms with E-state index in [1.807, 2.05) is 0 Å². The Morgan fingerprint density at radius 2 is 1.53 bits per heavy atom. The molecule has 0 saturated heterocycles. The normalized spacial score (nSPS) is 13.4. The Balaban J connectivity index is 1.71. The first-order chi connectivity index (χ1) is 15.0. The zero-order chi connectivity index (χ0) is 23.0. The molecular formula is C29H34BNO. The molecule has 0 bridgehead atoms. The molecule has 164 valence electrons. The van der Waals surface area contributed by atoms with Crippen LogP contribution in [0.4, 0.5) is 0 Å². The van der Waals surface area contributed by atoms with Gasteiger partial charge in [0.1, 0.15) is 0 Å². The maximum absolute atomic E-state index is 6.40. The van der Waals surface area contributed by atoms with E-state index in [0.29, 0.717) is 6.71 Å². The third kappa shape index (κ3) is 3.17. The molecule has 0 atom stereocenters. The van der Waals surface area contributed by atoms with E-state index in [4.69, 9.17) is 4.74 Å². The lowest BCUT2D eigenvalue weighted by Gasteiger charge is -2.40. The van der Waals surface area contributed by atoms with Gasteiger partial charge in [-0.05, 0) is 66.1 Å². The maximum Gasteiger partial charge on any atom is 0.173 e. The lowest BCUT2D eigenvalue weighted by Crippen LogP contribution is -2.38. The zero-order valence-corrected chi connectivity index (χ0v) is 20.8. The number of aromatic nitrogens is 1. The van der Waals surface area contributed by atoms with Crippen LogP contribution >= 0.6 is 0 Å². The summed E-state index contributed by atoms with van der Waals surface area (Å²) in [5, 5.41) is 2.60. The highest BCUT2D eigenvalue weighted by Gasteiger charge is 2.35. The molecule has 0 unspecified atom stereocenters. The minimum absolute atomic E-state index is 0.257. The van der Waals surface area contributed by atoms with Crippen molar-refractivity contribution in [3.8, 4) is 17.2 Å². The van der Waals surface area contributed by atoms with Crippen LogP contribution in [0.3, 0.4) is 0 Å². The zero-order valence-electron chi connectivity index (χ0n) is 20.8. The summed E-state index contributed by atoms with van der Waals surface area (Å²) in [6, 6.07) is 18.1. The number of benzene rings is 3. The Kier molecular flexibility index (Phi) is 4.57. The van der Waals surface area contributed by atoms with Crippen molar-refractivity contribution in [2.24, 2.45) is 10.8 Å². The fourth-order valence-electron chi connectivity index (χ4n) is 5.10. The molecule has 3 aromatic carbocycles. The van der Waals surface area contributed by atoms with Gasteiger partial charge < -0.3 is 9.30 Å². The second-order valence-electron chi connectivity index (χ2n) is 11.6. The molecule has 0 radical (unpaired) electrons. The maximum atomic E-state index is 6.40. The van der Waals surface area contributed by atoms with Crippen molar-refractivity contribution >= 4 is 34.0 Å². The number of fused-ring (bicyclic) bond motifs is 5. The third-order valence-electron chi connectivity index (χ3n) is 7.99. The Hall–Kier alpha value is -2.68. The second kappa shape index (κ2) is 6.91. The SMILES string of the molecule is CB(CC(C)(C)C(C)(C)C)c1ccc2c(c1)c1cc(C)cc3c1n2-c1ccc(C)cc1O3. The van der Waals surface area contributed by atoms with Crippen molar-refractivity contribution in [3.05, 3.63) is 59.7 Å². The van der Waals surface area contributed by atoms with Gasteiger partial charge in [0.25, 0.3) is 0 Å². The molecule has 3 heteroatoms. The van der Waals surface area contributed by atoms with Gasteiger partial charge >= 0.3 is 0 Å². The highest BCUT2D eigenvalue weighted by Crippen LogP contribution is 2.46. The van der Waals surface area contributed by atoms with Gasteiger partial charge in [-0.3, -0.25) is 0 Å². The molecule has 1 aliphatic heterocycles. The van der Waals surface area contributed by atoms with E-state index in [9.17, 15) is 0 Å². The molecule has 0 saturated carbocycles. The molecule has 0 spiro atoms. The molecule has 32 heavy (non-hydrogen) atoms. The first kappa shape index (κ1) is 21.2. The summed E-state index contributed by atoms with van der Waals surface area (Å²) in [7, 11) is 0. The summed E-state index contributed by atoms with van der Waals surface area (Å²) in [6.45, 7) is 19.0. The predicted octanol–water partition coefficient (Wildman–Crippen LogP) is 7.91. The smallest absolute Gasteiger partial charge is 0.173 e. The van der Waals surface area contributed by atoms with Crippen molar-refractivity contribution in [2.75, 3.05) is 0 Å². The van der Waals surface area contributed by atoms with Gasteiger partial charge in [-0.25, -0.2) is 0 Å². The number of hydrogen-bond donors (Lipinski definition) is 0. The first-order valence-corrected chi connectivity index (χ1v) is 11.8. The topological polar surface area (TPSA) is 14.2 Å². The van der Waals surface area contributed by atoms with Crippen LogP contribution in [0.25, 0.3) is 27.5 Å². The molecule has 2 heterocycles. The van der Waals surface area contributed by atoms with E-state index in [1.165, 1.54) is 38.4 Å². The molecular weight excluding hydrogens is 389 g/mol. The van der Waals surface area contributed by atoms with E-state index < -0.39 is 0 Å². The van der Waals surface area contributed by atoms with E-state index in [-0.39, 0.29) is 10.8 Å². The van der Waals surface area contributed by atoms with Crippen LogP contribution in [-0.2, 0) is 0 Å². The molecule has 2 nitrogen and oxygen atoms in total. The fourth-order valence-corrected chi connectivity index (χ4v) is 5.10. The van der Waals surface area contributed by atoms with Gasteiger partial charge in [0.15, 0.2) is 18.2 Å². The number of nitrogens with zero attached hydrogens (tertiary/aromatic N) is 1. The quantitative estimate of drug-likeness (QED) is 0.269. The van der Waals surface area contributed by atoms with Gasteiger partial charge in [-0.1, -0.05) is 71.4 Å². The van der Waals surface area contributed by atoms with E-state index in [1.54, 1.807) is 0 Å². The van der Waals surface area contributed by atoms with Crippen LogP contribution in [0.1, 0.15) is 45.7 Å². The average Bonchev–Trinajstić information content (AvgIpc) is 3.01. The second-order valence-corrected chi connectivity index (χ2v) is 11.6. The van der Waals surface area contributed by atoms with Crippen molar-refractivity contribution < 1.29 is 4.74 Å². The van der Waals surface area contributed by atoms with Crippen molar-refractivity contribution in [1.82, 2.24) is 4.57 Å². The lowest BCUT2D eigenvalue weighted by atomic mass is 9.38. The van der Waals surface area contributed by atoms with Gasteiger partial charge in [0.2, 0.25) is 0 Å². The first-order valence-electron chi connectivity index (χ1n) is 11.8. The monoisotopic (exact) mass is 423 g/mol. The number of aryl methyl sites for hydroxylation is 2. The Bertz CT molecular complexity index is 1370. The summed E-state index contributed by atoms with van der Waals surface area (Å²) in [5.41, 5.74) is 7.95. The van der Waals surface area contributed by atoms with E-state index in [0.717, 1.165) is 23.5 Å². The van der Waals surface area contributed by atoms with Gasteiger partial charge in [0.05, 0.1) is 16.7 Å². The molecule has 0 fully saturated rings. The van der Waals surface area contributed by atoms with Crippen LogP contribution in [-0.4, -0.2) is 11.3 Å². The summed E-state index contributed by atoms with van der Waals surface area (Å²) < 4.78 is 8.79. The lowest BCUT2D eigenvalue weighted by molar-refractivity contribution is 0.156. The summed E-state index contributed by atoms with van der Waals surface area (Å²) in [5.74, 6) is 1.89. The minimum Gasteiger partial charge on any atom is -0.453 e. The van der Waals surface area contributed by atoms with Gasteiger partial charge in [-0.2, -0.15) is 0 Å². The Labute approximate surface area is 192 Å². The van der Waals surface area contributed by atoms with E-state index in [2.05, 4.69) is 108 Å². The molecule has 0 amide bonds. The molecule has 4 aromatic rings. The standard InChI is InChI=1S/C29H34BNO/c1-18-9-11-24-25(14-18)32-26-15-19(2)13-22-21-16-20(10-12-23(21)31(24)27(22)26)30(8)17-29(6,7)28(3,4)5/h9-16H,17H2,1-8H3. The molecule has 0 aliphatic carbocycles. The van der Waals surface area contributed by atoms with Gasteiger partial charge in [-0.15, -0.1) is 0 Å². The van der Waals surface area contributed by atoms with Crippen molar-refractivity contribution in [3.63, 3.8) is 0 Å². The molecule has 0 N–H and O–H groups in total. The summed E-state index contributed by atoms with van der Waals surface area (Å²) >= 11 is 0. The fraction of sp³-hybridized carbons (Fsp3) is 0.379.